The fourth-order valence-corrected chi connectivity index (χ4v) is 12.6. The van der Waals surface area contributed by atoms with Crippen LogP contribution in [0.3, 0.4) is 0 Å². The summed E-state index contributed by atoms with van der Waals surface area (Å²) in [5.41, 5.74) is 2.49. The monoisotopic (exact) mass is 492 g/mol. The lowest BCUT2D eigenvalue weighted by molar-refractivity contribution is 0.108. The molecule has 5 nitrogen and oxygen atoms in total. The molecule has 1 N–H and O–H groups in total. The van der Waals surface area contributed by atoms with Crippen molar-refractivity contribution in [1.82, 2.24) is 0 Å². The zero-order chi connectivity index (χ0) is 23.5. The number of benzene rings is 1. The van der Waals surface area contributed by atoms with Crippen molar-refractivity contribution in [2.45, 2.75) is 86.1 Å². The molecular formula is C26H37O5PS. The first kappa shape index (κ1) is 24.9. The van der Waals surface area contributed by atoms with Gasteiger partial charge in [0.05, 0.1) is 7.11 Å². The van der Waals surface area contributed by atoms with Gasteiger partial charge in [-0.05, 0) is 48.6 Å². The highest BCUT2D eigenvalue weighted by molar-refractivity contribution is 7.87. The van der Waals surface area contributed by atoms with Crippen molar-refractivity contribution in [3.8, 4) is 0 Å². The zero-order valence-electron chi connectivity index (χ0n) is 19.8. The molecule has 4 rings (SSSR count). The number of hydrogen-bond acceptors (Lipinski definition) is 4. The molecule has 0 aromatic heterocycles. The summed E-state index contributed by atoms with van der Waals surface area (Å²) in [6.07, 6.45) is 14.8. The van der Waals surface area contributed by atoms with E-state index in [0.29, 0.717) is 17.1 Å². The second-order valence-corrected chi connectivity index (χ2v) is 14.0. The quantitative estimate of drug-likeness (QED) is 0.354. The van der Waals surface area contributed by atoms with E-state index in [1.165, 1.54) is 38.5 Å². The van der Waals surface area contributed by atoms with Gasteiger partial charge in [0.2, 0.25) is 0 Å². The Labute approximate surface area is 200 Å². The molecule has 3 aliphatic rings. The maximum atomic E-state index is 13.0. The average molecular weight is 493 g/mol. The molecule has 0 saturated heterocycles. The maximum absolute atomic E-state index is 13.0. The normalized spacial score (nSPS) is 27.8. The van der Waals surface area contributed by atoms with Gasteiger partial charge >= 0.3 is 0 Å². The Morgan fingerprint density at radius 2 is 1.45 bits per heavy atom. The Morgan fingerprint density at radius 3 is 1.91 bits per heavy atom. The van der Waals surface area contributed by atoms with Crippen molar-refractivity contribution < 1.29 is 22.4 Å². The number of hydrogen-bond donors (Lipinski definition) is 1. The standard InChI is InChI=1S/C26H37O5PS/c1-30-23-18-19-24(33(27,28)29)26(31-2,25(23)20-12-6-3-7-13-20)32(21-14-8-4-9-15-21)22-16-10-5-11-17-22/h3,6-7,12-13,18-19,21-22,24H,4-5,8-11,14-17H2,1-2H3,(H,27,28,29). The highest BCUT2D eigenvalue weighted by Crippen LogP contribution is 2.70. The van der Waals surface area contributed by atoms with E-state index in [1.54, 1.807) is 26.4 Å². The van der Waals surface area contributed by atoms with E-state index < -0.39 is 28.6 Å². The van der Waals surface area contributed by atoms with Crippen LogP contribution in [-0.4, -0.2) is 49.1 Å². The summed E-state index contributed by atoms with van der Waals surface area (Å²) < 4.78 is 48.8. The predicted molar refractivity (Wildman–Crippen MR) is 135 cm³/mol. The summed E-state index contributed by atoms with van der Waals surface area (Å²) in [6.45, 7) is 0. The Hall–Kier alpha value is -1.20. The van der Waals surface area contributed by atoms with Crippen LogP contribution in [0.15, 0.2) is 48.2 Å². The van der Waals surface area contributed by atoms with Crippen LogP contribution in [0.5, 0.6) is 0 Å². The molecule has 1 aromatic carbocycles. The average Bonchev–Trinajstić information content (AvgIpc) is 2.84. The van der Waals surface area contributed by atoms with E-state index >= 15 is 0 Å². The third-order valence-corrected chi connectivity index (χ3v) is 13.0. The molecule has 2 saturated carbocycles. The fourth-order valence-electron chi connectivity index (χ4n) is 6.29. The third-order valence-electron chi connectivity index (χ3n) is 7.65. The molecule has 0 bridgehead atoms. The van der Waals surface area contributed by atoms with Crippen molar-refractivity contribution in [3.05, 3.63) is 53.8 Å². The van der Waals surface area contributed by atoms with E-state index in [4.69, 9.17) is 9.47 Å². The number of methoxy groups -OCH3 is 2. The van der Waals surface area contributed by atoms with Crippen molar-refractivity contribution in [3.63, 3.8) is 0 Å². The third kappa shape index (κ3) is 4.82. The highest BCUT2D eigenvalue weighted by atomic mass is 32.2. The summed E-state index contributed by atoms with van der Waals surface area (Å²) in [5, 5.41) is -2.31. The van der Waals surface area contributed by atoms with Gasteiger partial charge in [0.25, 0.3) is 10.1 Å². The lowest BCUT2D eigenvalue weighted by Crippen LogP contribution is -2.52. The van der Waals surface area contributed by atoms with Gasteiger partial charge in [-0.25, -0.2) is 0 Å². The molecule has 0 spiro atoms. The molecule has 182 valence electrons. The van der Waals surface area contributed by atoms with E-state index in [9.17, 15) is 13.0 Å². The Morgan fingerprint density at radius 1 is 0.909 bits per heavy atom. The van der Waals surface area contributed by atoms with Gasteiger partial charge in [-0.3, -0.25) is 4.55 Å². The number of ether oxygens (including phenoxy) is 2. The van der Waals surface area contributed by atoms with Gasteiger partial charge in [-0.15, -0.1) is 0 Å². The first-order chi connectivity index (χ1) is 15.9. The second kappa shape index (κ2) is 10.6. The molecule has 2 unspecified atom stereocenters. The molecule has 1 aromatic rings. The lowest BCUT2D eigenvalue weighted by atomic mass is 9.92. The minimum absolute atomic E-state index is 0.407. The van der Waals surface area contributed by atoms with E-state index in [1.807, 2.05) is 30.3 Å². The van der Waals surface area contributed by atoms with Gasteiger partial charge in [-0.2, -0.15) is 8.42 Å². The fraction of sp³-hybridized carbons (Fsp3) is 0.615. The molecular weight excluding hydrogens is 455 g/mol. The van der Waals surface area contributed by atoms with Gasteiger partial charge in [0, 0.05) is 12.7 Å². The summed E-state index contributed by atoms with van der Waals surface area (Å²) in [5.74, 6) is 0.627. The van der Waals surface area contributed by atoms with Crippen LogP contribution in [0.1, 0.15) is 69.8 Å². The first-order valence-electron chi connectivity index (χ1n) is 12.3. The smallest absolute Gasteiger partial charge is 0.275 e. The van der Waals surface area contributed by atoms with E-state index in [2.05, 4.69) is 0 Å². The largest absolute Gasteiger partial charge is 0.496 e. The van der Waals surface area contributed by atoms with Crippen LogP contribution < -0.4 is 0 Å². The van der Waals surface area contributed by atoms with Gasteiger partial charge in [-0.1, -0.05) is 82.9 Å². The van der Waals surface area contributed by atoms with Crippen LogP contribution in [0.2, 0.25) is 0 Å². The highest BCUT2D eigenvalue weighted by Gasteiger charge is 2.59. The Bertz CT molecular complexity index is 944. The predicted octanol–water partition coefficient (Wildman–Crippen LogP) is 6.36. The number of allylic oxidation sites excluding steroid dienone is 1. The van der Waals surface area contributed by atoms with Crippen LogP contribution >= 0.6 is 7.92 Å². The van der Waals surface area contributed by atoms with E-state index in [-0.39, 0.29) is 0 Å². The molecule has 0 amide bonds. The lowest BCUT2D eigenvalue weighted by Gasteiger charge is -2.53. The molecule has 0 heterocycles. The number of rotatable bonds is 7. The molecule has 0 aliphatic heterocycles. The summed E-state index contributed by atoms with van der Waals surface area (Å²) in [7, 11) is -2.12. The zero-order valence-corrected chi connectivity index (χ0v) is 21.5. The van der Waals surface area contributed by atoms with Crippen LogP contribution in [0, 0.1) is 0 Å². The maximum Gasteiger partial charge on any atom is 0.275 e. The van der Waals surface area contributed by atoms with Gasteiger partial charge in [0.1, 0.15) is 16.4 Å². The van der Waals surface area contributed by atoms with Crippen LogP contribution in [-0.2, 0) is 19.6 Å². The first-order valence-corrected chi connectivity index (χ1v) is 15.2. The topological polar surface area (TPSA) is 72.8 Å². The summed E-state index contributed by atoms with van der Waals surface area (Å²) in [4.78, 5) is 0. The van der Waals surface area contributed by atoms with Crippen molar-refractivity contribution in [2.24, 2.45) is 0 Å². The Balaban J connectivity index is 1.99. The minimum Gasteiger partial charge on any atom is -0.496 e. The molecule has 3 aliphatic carbocycles. The van der Waals surface area contributed by atoms with Gasteiger partial charge in [0.15, 0.2) is 0 Å². The van der Waals surface area contributed by atoms with Crippen LogP contribution in [0.4, 0.5) is 0 Å². The molecule has 0 radical (unpaired) electrons. The Kier molecular flexibility index (Phi) is 8.00. The summed E-state index contributed by atoms with van der Waals surface area (Å²) >= 11 is 0. The minimum atomic E-state index is -4.43. The van der Waals surface area contributed by atoms with E-state index in [0.717, 1.165) is 36.8 Å². The molecule has 2 fully saturated rings. The molecule has 2 atom stereocenters. The second-order valence-electron chi connectivity index (χ2n) is 9.50. The van der Waals surface area contributed by atoms with Crippen LogP contribution in [0.25, 0.3) is 5.57 Å². The van der Waals surface area contributed by atoms with Crippen molar-refractivity contribution >= 4 is 23.6 Å². The molecule has 33 heavy (non-hydrogen) atoms. The summed E-state index contributed by atoms with van der Waals surface area (Å²) in [6, 6.07) is 9.87. The molecule has 7 heteroatoms. The van der Waals surface area contributed by atoms with Crippen molar-refractivity contribution in [2.75, 3.05) is 14.2 Å². The van der Waals surface area contributed by atoms with Crippen molar-refractivity contribution in [1.29, 1.82) is 0 Å². The van der Waals surface area contributed by atoms with Gasteiger partial charge < -0.3 is 9.47 Å². The SMILES string of the molecule is COC1=C(c2ccccc2)C(OC)(P(C2CCCCC2)C2CCCCC2)C(S(=O)(=O)O)C=C1.